The molecule has 120 valence electrons. The number of aromatic nitrogens is 4. The van der Waals surface area contributed by atoms with Gasteiger partial charge >= 0.3 is 0 Å². The molecule has 7 heteroatoms. The fourth-order valence-corrected chi connectivity index (χ4v) is 3.63. The van der Waals surface area contributed by atoms with Crippen molar-refractivity contribution < 1.29 is 5.11 Å². The van der Waals surface area contributed by atoms with Gasteiger partial charge in [0.15, 0.2) is 0 Å². The zero-order valence-corrected chi connectivity index (χ0v) is 13.7. The molecule has 0 spiro atoms. The lowest BCUT2D eigenvalue weighted by atomic mass is 10.2. The van der Waals surface area contributed by atoms with E-state index >= 15 is 0 Å². The summed E-state index contributed by atoms with van der Waals surface area (Å²) in [5.74, 6) is 0. The molecule has 3 aromatic rings. The van der Waals surface area contributed by atoms with Gasteiger partial charge < -0.3 is 5.11 Å². The van der Waals surface area contributed by atoms with Crippen LogP contribution >= 0.6 is 11.6 Å². The van der Waals surface area contributed by atoms with Gasteiger partial charge in [-0.05, 0) is 12.1 Å². The van der Waals surface area contributed by atoms with E-state index in [4.69, 9.17) is 16.7 Å². The van der Waals surface area contributed by atoms with Crippen molar-refractivity contribution in [2.45, 2.75) is 26.2 Å². The standard InChI is InChI=1S/C16H18ClN5O/c1-20-14-4-2-3-12(17)16(14)13(19-20)9-21-8-11-7-18-22(5-6-23)15(11)10-21/h2-4,7,23H,5-6,8-10H2,1H3. The molecule has 6 nitrogen and oxygen atoms in total. The first kappa shape index (κ1) is 14.7. The second-order valence-electron chi connectivity index (χ2n) is 5.91. The lowest BCUT2D eigenvalue weighted by Crippen LogP contribution is -2.18. The van der Waals surface area contributed by atoms with Gasteiger partial charge in [0.05, 0.1) is 41.3 Å². The van der Waals surface area contributed by atoms with Crippen LogP contribution in [-0.4, -0.2) is 36.2 Å². The van der Waals surface area contributed by atoms with E-state index in [0.29, 0.717) is 6.54 Å². The van der Waals surface area contributed by atoms with Crippen molar-refractivity contribution in [3.63, 3.8) is 0 Å². The molecule has 1 aromatic carbocycles. The zero-order valence-electron chi connectivity index (χ0n) is 12.9. The Balaban J connectivity index is 1.61. The largest absolute Gasteiger partial charge is 0.394 e. The number of aliphatic hydroxyl groups excluding tert-OH is 1. The quantitative estimate of drug-likeness (QED) is 0.793. The van der Waals surface area contributed by atoms with Crippen LogP contribution in [0.3, 0.4) is 0 Å². The van der Waals surface area contributed by atoms with Crippen LogP contribution < -0.4 is 0 Å². The van der Waals surface area contributed by atoms with Crippen LogP contribution in [0.1, 0.15) is 17.0 Å². The van der Waals surface area contributed by atoms with Gasteiger partial charge in [-0.3, -0.25) is 14.3 Å². The Kier molecular flexibility index (Phi) is 3.60. The highest BCUT2D eigenvalue weighted by atomic mass is 35.5. The molecule has 0 bridgehead atoms. The van der Waals surface area contributed by atoms with Gasteiger partial charge in [-0.2, -0.15) is 10.2 Å². The fourth-order valence-electron chi connectivity index (χ4n) is 3.35. The molecule has 0 unspecified atom stereocenters. The number of benzene rings is 1. The van der Waals surface area contributed by atoms with Crippen molar-refractivity contribution in [2.24, 2.45) is 7.05 Å². The molecule has 23 heavy (non-hydrogen) atoms. The summed E-state index contributed by atoms with van der Waals surface area (Å²) >= 11 is 6.38. The molecule has 0 radical (unpaired) electrons. The van der Waals surface area contributed by atoms with Crippen LogP contribution in [0.2, 0.25) is 5.02 Å². The molecule has 0 saturated carbocycles. The normalized spacial score (nSPS) is 14.7. The average molecular weight is 332 g/mol. The maximum absolute atomic E-state index is 9.12. The first-order valence-corrected chi connectivity index (χ1v) is 8.02. The van der Waals surface area contributed by atoms with Crippen molar-refractivity contribution >= 4 is 22.5 Å². The Morgan fingerprint density at radius 2 is 2.17 bits per heavy atom. The van der Waals surface area contributed by atoms with Gasteiger partial charge in [-0.1, -0.05) is 17.7 Å². The smallest absolute Gasteiger partial charge is 0.0858 e. The van der Waals surface area contributed by atoms with E-state index in [9.17, 15) is 0 Å². The monoisotopic (exact) mass is 331 g/mol. The van der Waals surface area contributed by atoms with E-state index < -0.39 is 0 Å². The Hall–Kier alpha value is -1.89. The molecule has 4 rings (SSSR count). The van der Waals surface area contributed by atoms with Crippen LogP contribution in [0, 0.1) is 0 Å². The van der Waals surface area contributed by atoms with E-state index in [1.807, 2.05) is 40.8 Å². The van der Waals surface area contributed by atoms with Crippen LogP contribution in [0.15, 0.2) is 24.4 Å². The van der Waals surface area contributed by atoms with Crippen LogP contribution in [0.25, 0.3) is 10.9 Å². The lowest BCUT2D eigenvalue weighted by Gasteiger charge is -2.14. The maximum atomic E-state index is 9.12. The van der Waals surface area contributed by atoms with Crippen LogP contribution in [0.5, 0.6) is 0 Å². The summed E-state index contributed by atoms with van der Waals surface area (Å²) in [6.07, 6.45) is 1.90. The molecule has 1 N–H and O–H groups in total. The zero-order chi connectivity index (χ0) is 16.0. The third kappa shape index (κ3) is 2.43. The van der Waals surface area contributed by atoms with Gasteiger partial charge in [-0.15, -0.1) is 0 Å². The SMILES string of the molecule is Cn1nc(CN2Cc3cnn(CCO)c3C2)c2c(Cl)cccc21. The van der Waals surface area contributed by atoms with Crippen molar-refractivity contribution in [3.8, 4) is 0 Å². The Labute approximate surface area is 138 Å². The topological polar surface area (TPSA) is 59.1 Å². The Morgan fingerprint density at radius 3 is 3.00 bits per heavy atom. The molecule has 1 aliphatic heterocycles. The number of hydrogen-bond acceptors (Lipinski definition) is 4. The van der Waals surface area contributed by atoms with Gasteiger partial charge in [0.2, 0.25) is 0 Å². The van der Waals surface area contributed by atoms with E-state index in [2.05, 4.69) is 15.1 Å². The Bertz CT molecular complexity index is 869. The molecular formula is C16H18ClN5O. The third-order valence-electron chi connectivity index (χ3n) is 4.39. The number of fused-ring (bicyclic) bond motifs is 2. The number of aryl methyl sites for hydroxylation is 1. The van der Waals surface area contributed by atoms with Crippen molar-refractivity contribution in [1.29, 1.82) is 0 Å². The number of rotatable bonds is 4. The Morgan fingerprint density at radius 1 is 1.30 bits per heavy atom. The number of halogens is 1. The number of nitrogens with zero attached hydrogens (tertiary/aromatic N) is 5. The summed E-state index contributed by atoms with van der Waals surface area (Å²) < 4.78 is 3.77. The predicted molar refractivity (Wildman–Crippen MR) is 88.0 cm³/mol. The van der Waals surface area contributed by atoms with Crippen molar-refractivity contribution in [1.82, 2.24) is 24.5 Å². The van der Waals surface area contributed by atoms with Gasteiger partial charge in [0.1, 0.15) is 0 Å². The fraction of sp³-hybridized carbons (Fsp3) is 0.375. The van der Waals surface area contributed by atoms with Gasteiger partial charge in [0, 0.05) is 37.6 Å². The van der Waals surface area contributed by atoms with E-state index in [1.54, 1.807) is 0 Å². The molecule has 1 aliphatic rings. The highest BCUT2D eigenvalue weighted by Gasteiger charge is 2.25. The van der Waals surface area contributed by atoms with Crippen LogP contribution in [-0.2, 0) is 33.2 Å². The van der Waals surface area contributed by atoms with Gasteiger partial charge in [-0.25, -0.2) is 0 Å². The van der Waals surface area contributed by atoms with E-state index in [-0.39, 0.29) is 6.61 Å². The second-order valence-corrected chi connectivity index (χ2v) is 6.32. The molecule has 3 heterocycles. The minimum Gasteiger partial charge on any atom is -0.394 e. The number of hydrogen-bond donors (Lipinski definition) is 1. The first-order chi connectivity index (χ1) is 11.2. The molecule has 0 amide bonds. The molecule has 0 fully saturated rings. The van der Waals surface area contributed by atoms with Crippen molar-refractivity contribution in [3.05, 3.63) is 46.4 Å². The first-order valence-electron chi connectivity index (χ1n) is 7.64. The lowest BCUT2D eigenvalue weighted by molar-refractivity contribution is 0.249. The summed E-state index contributed by atoms with van der Waals surface area (Å²) in [4.78, 5) is 2.32. The highest BCUT2D eigenvalue weighted by molar-refractivity contribution is 6.35. The summed E-state index contributed by atoms with van der Waals surface area (Å²) in [5.41, 5.74) is 4.46. The summed E-state index contributed by atoms with van der Waals surface area (Å²) in [7, 11) is 1.94. The molecule has 0 aliphatic carbocycles. The minimum atomic E-state index is 0.106. The maximum Gasteiger partial charge on any atom is 0.0858 e. The molecule has 0 saturated heterocycles. The second kappa shape index (κ2) is 5.63. The highest BCUT2D eigenvalue weighted by Crippen LogP contribution is 2.30. The molecule has 2 aromatic heterocycles. The minimum absolute atomic E-state index is 0.106. The van der Waals surface area contributed by atoms with E-state index in [1.165, 1.54) is 11.3 Å². The summed E-state index contributed by atoms with van der Waals surface area (Å²) in [6, 6.07) is 5.90. The van der Waals surface area contributed by atoms with E-state index in [0.717, 1.165) is 41.3 Å². The van der Waals surface area contributed by atoms with Crippen molar-refractivity contribution in [2.75, 3.05) is 6.61 Å². The van der Waals surface area contributed by atoms with Crippen LogP contribution in [0.4, 0.5) is 0 Å². The van der Waals surface area contributed by atoms with Gasteiger partial charge in [0.25, 0.3) is 0 Å². The molecule has 0 atom stereocenters. The average Bonchev–Trinajstić information content (AvgIpc) is 3.16. The summed E-state index contributed by atoms with van der Waals surface area (Å²) in [5, 5.41) is 19.9. The summed E-state index contributed by atoms with van der Waals surface area (Å²) in [6.45, 7) is 3.06. The predicted octanol–water partition coefficient (Wildman–Crippen LogP) is 1.93. The molecular weight excluding hydrogens is 314 g/mol. The number of aliphatic hydroxyl groups is 1. The third-order valence-corrected chi connectivity index (χ3v) is 4.70.